The summed E-state index contributed by atoms with van der Waals surface area (Å²) in [4.78, 5) is 2.47. The van der Waals surface area contributed by atoms with Crippen molar-refractivity contribution in [2.75, 3.05) is 23.7 Å². The second-order valence-electron chi connectivity index (χ2n) is 5.79. The van der Waals surface area contributed by atoms with Crippen LogP contribution in [0.3, 0.4) is 0 Å². The van der Waals surface area contributed by atoms with E-state index >= 15 is 0 Å². The lowest BCUT2D eigenvalue weighted by atomic mass is 9.84. The summed E-state index contributed by atoms with van der Waals surface area (Å²) >= 11 is 0. The van der Waals surface area contributed by atoms with Gasteiger partial charge in [0.1, 0.15) is 0 Å². The molecule has 88 valence electrons. The number of nitrogens with zero attached hydrogens (tertiary/aromatic N) is 1. The molecule has 0 spiro atoms. The van der Waals surface area contributed by atoms with Crippen LogP contribution < -0.4 is 10.6 Å². The summed E-state index contributed by atoms with van der Waals surface area (Å²) < 4.78 is 0. The highest BCUT2D eigenvalue weighted by Gasteiger charge is 2.26. The molecule has 0 bridgehead atoms. The van der Waals surface area contributed by atoms with Gasteiger partial charge in [-0.1, -0.05) is 13.8 Å². The number of nitrogen functional groups attached to an aromatic ring is 1. The minimum atomic E-state index is 0.427. The van der Waals surface area contributed by atoms with Crippen molar-refractivity contribution in [3.05, 3.63) is 23.8 Å². The van der Waals surface area contributed by atoms with Crippen molar-refractivity contribution in [1.82, 2.24) is 0 Å². The van der Waals surface area contributed by atoms with Crippen LogP contribution in [0.2, 0.25) is 0 Å². The smallest absolute Gasteiger partial charge is 0.0389 e. The van der Waals surface area contributed by atoms with Crippen molar-refractivity contribution < 1.29 is 0 Å². The summed E-state index contributed by atoms with van der Waals surface area (Å²) in [6.07, 6.45) is 2.60. The fourth-order valence-electron chi connectivity index (χ4n) is 2.62. The highest BCUT2D eigenvalue weighted by molar-refractivity contribution is 5.58. The van der Waals surface area contributed by atoms with E-state index in [1.54, 1.807) is 0 Å². The van der Waals surface area contributed by atoms with E-state index in [0.29, 0.717) is 5.41 Å². The quantitative estimate of drug-likeness (QED) is 0.733. The van der Waals surface area contributed by atoms with Crippen molar-refractivity contribution >= 4 is 11.4 Å². The van der Waals surface area contributed by atoms with Crippen LogP contribution in [-0.2, 0) is 0 Å². The van der Waals surface area contributed by atoms with Crippen molar-refractivity contribution in [3.8, 4) is 0 Å². The molecule has 2 rings (SSSR count). The summed E-state index contributed by atoms with van der Waals surface area (Å²) in [6.45, 7) is 9.09. The first-order valence-corrected chi connectivity index (χ1v) is 6.08. The molecule has 1 aromatic rings. The third kappa shape index (κ3) is 2.49. The van der Waals surface area contributed by atoms with E-state index < -0.39 is 0 Å². The number of rotatable bonds is 1. The van der Waals surface area contributed by atoms with Crippen LogP contribution in [0, 0.1) is 12.3 Å². The van der Waals surface area contributed by atoms with E-state index in [2.05, 4.69) is 37.8 Å². The molecule has 0 unspecified atom stereocenters. The Morgan fingerprint density at radius 1 is 1.25 bits per heavy atom. The minimum Gasteiger partial charge on any atom is -0.399 e. The molecule has 2 nitrogen and oxygen atoms in total. The second kappa shape index (κ2) is 4.00. The first-order chi connectivity index (χ1) is 7.46. The number of hydrogen-bond acceptors (Lipinski definition) is 2. The molecule has 2 N–H and O–H groups in total. The summed E-state index contributed by atoms with van der Waals surface area (Å²) in [6, 6.07) is 6.35. The predicted octanol–water partition coefficient (Wildman–Crippen LogP) is 3.20. The van der Waals surface area contributed by atoms with E-state index in [1.807, 2.05) is 6.07 Å². The lowest BCUT2D eigenvalue weighted by Gasteiger charge is -2.39. The van der Waals surface area contributed by atoms with Gasteiger partial charge in [0.05, 0.1) is 0 Å². The van der Waals surface area contributed by atoms with Gasteiger partial charge in [-0.2, -0.15) is 0 Å². The molecular weight excluding hydrogens is 196 g/mol. The van der Waals surface area contributed by atoms with Crippen molar-refractivity contribution in [1.29, 1.82) is 0 Å². The molecule has 1 aliphatic heterocycles. The molecule has 1 saturated heterocycles. The van der Waals surface area contributed by atoms with Gasteiger partial charge in [0.2, 0.25) is 0 Å². The SMILES string of the molecule is Cc1cc(N)cc(N2CCCC(C)(C)C2)c1. The monoisotopic (exact) mass is 218 g/mol. The van der Waals surface area contributed by atoms with Gasteiger partial charge in [0.25, 0.3) is 0 Å². The summed E-state index contributed by atoms with van der Waals surface area (Å²) in [7, 11) is 0. The molecule has 0 saturated carbocycles. The van der Waals surface area contributed by atoms with Crippen LogP contribution >= 0.6 is 0 Å². The highest BCUT2D eigenvalue weighted by atomic mass is 15.1. The Morgan fingerprint density at radius 3 is 2.62 bits per heavy atom. The zero-order chi connectivity index (χ0) is 11.8. The first kappa shape index (κ1) is 11.3. The topological polar surface area (TPSA) is 29.3 Å². The molecule has 16 heavy (non-hydrogen) atoms. The maximum Gasteiger partial charge on any atom is 0.0389 e. The molecule has 2 heteroatoms. The average molecular weight is 218 g/mol. The van der Waals surface area contributed by atoms with Gasteiger partial charge in [0, 0.05) is 24.5 Å². The third-order valence-electron chi connectivity index (χ3n) is 3.35. The zero-order valence-corrected chi connectivity index (χ0v) is 10.6. The van der Waals surface area contributed by atoms with Crippen molar-refractivity contribution in [3.63, 3.8) is 0 Å². The van der Waals surface area contributed by atoms with Gasteiger partial charge >= 0.3 is 0 Å². The normalized spacial score (nSPS) is 19.8. The maximum atomic E-state index is 5.91. The average Bonchev–Trinajstić information content (AvgIpc) is 2.14. The molecule has 0 radical (unpaired) electrons. The minimum absolute atomic E-state index is 0.427. The van der Waals surface area contributed by atoms with Crippen LogP contribution in [0.4, 0.5) is 11.4 Å². The van der Waals surface area contributed by atoms with E-state index in [0.717, 1.165) is 18.8 Å². The van der Waals surface area contributed by atoms with Gasteiger partial charge < -0.3 is 10.6 Å². The van der Waals surface area contributed by atoms with E-state index in [9.17, 15) is 0 Å². The Morgan fingerprint density at radius 2 is 2.00 bits per heavy atom. The molecular formula is C14H22N2. The Balaban J connectivity index is 2.23. The fraction of sp³-hybridized carbons (Fsp3) is 0.571. The lowest BCUT2D eigenvalue weighted by Crippen LogP contribution is -2.40. The summed E-state index contributed by atoms with van der Waals surface area (Å²) in [5.74, 6) is 0. The fourth-order valence-corrected chi connectivity index (χ4v) is 2.62. The number of aryl methyl sites for hydroxylation is 1. The van der Waals surface area contributed by atoms with Crippen LogP contribution in [0.1, 0.15) is 32.3 Å². The van der Waals surface area contributed by atoms with E-state index in [4.69, 9.17) is 5.73 Å². The lowest BCUT2D eigenvalue weighted by molar-refractivity contribution is 0.293. The third-order valence-corrected chi connectivity index (χ3v) is 3.35. The van der Waals surface area contributed by atoms with Gasteiger partial charge in [-0.3, -0.25) is 0 Å². The maximum absolute atomic E-state index is 5.91. The second-order valence-corrected chi connectivity index (χ2v) is 5.79. The Kier molecular flexibility index (Phi) is 2.83. The standard InChI is InChI=1S/C14H22N2/c1-11-7-12(15)9-13(8-11)16-6-4-5-14(2,3)10-16/h7-9H,4-6,10,15H2,1-3H3. The number of benzene rings is 1. The number of anilines is 2. The van der Waals surface area contributed by atoms with Gasteiger partial charge in [-0.25, -0.2) is 0 Å². The van der Waals surface area contributed by atoms with E-state index in [-0.39, 0.29) is 0 Å². The Labute approximate surface area is 98.4 Å². The predicted molar refractivity (Wildman–Crippen MR) is 70.8 cm³/mol. The molecule has 0 aromatic heterocycles. The van der Waals surface area contributed by atoms with Crippen LogP contribution in [-0.4, -0.2) is 13.1 Å². The van der Waals surface area contributed by atoms with Gasteiger partial charge in [-0.05, 0) is 48.9 Å². The zero-order valence-electron chi connectivity index (χ0n) is 10.6. The number of piperidine rings is 1. The van der Waals surface area contributed by atoms with Gasteiger partial charge in [-0.15, -0.1) is 0 Å². The molecule has 1 fully saturated rings. The van der Waals surface area contributed by atoms with E-state index in [1.165, 1.54) is 24.1 Å². The molecule has 0 atom stereocenters. The van der Waals surface area contributed by atoms with Crippen molar-refractivity contribution in [2.24, 2.45) is 5.41 Å². The molecule has 0 aliphatic carbocycles. The first-order valence-electron chi connectivity index (χ1n) is 6.08. The molecule has 0 amide bonds. The number of nitrogens with two attached hydrogens (primary N) is 1. The molecule has 1 heterocycles. The van der Waals surface area contributed by atoms with Crippen LogP contribution in [0.25, 0.3) is 0 Å². The largest absolute Gasteiger partial charge is 0.399 e. The number of hydrogen-bond donors (Lipinski definition) is 1. The summed E-state index contributed by atoms with van der Waals surface area (Å²) in [5, 5.41) is 0. The highest BCUT2D eigenvalue weighted by Crippen LogP contribution is 2.32. The summed E-state index contributed by atoms with van der Waals surface area (Å²) in [5.41, 5.74) is 9.74. The Hall–Kier alpha value is -1.18. The van der Waals surface area contributed by atoms with Crippen LogP contribution in [0.5, 0.6) is 0 Å². The Bertz CT molecular complexity index is 362. The van der Waals surface area contributed by atoms with Crippen LogP contribution in [0.15, 0.2) is 18.2 Å². The van der Waals surface area contributed by atoms with Crippen molar-refractivity contribution in [2.45, 2.75) is 33.6 Å². The molecule has 1 aromatic carbocycles. The van der Waals surface area contributed by atoms with Gasteiger partial charge in [0.15, 0.2) is 0 Å². The molecule has 1 aliphatic rings.